The maximum absolute atomic E-state index is 5.96. The minimum Gasteiger partial charge on any atom is -0.494 e. The molecule has 0 N–H and O–H groups in total. The third-order valence-corrected chi connectivity index (χ3v) is 6.16. The van der Waals surface area contributed by atoms with Gasteiger partial charge < -0.3 is 4.74 Å². The summed E-state index contributed by atoms with van der Waals surface area (Å²) in [5.41, 5.74) is 2.27. The van der Waals surface area contributed by atoms with Gasteiger partial charge in [0, 0.05) is 18.0 Å². The first-order valence-corrected chi connectivity index (χ1v) is 11.3. The molecule has 1 saturated carbocycles. The molecule has 0 radical (unpaired) electrons. The Labute approximate surface area is 171 Å². The summed E-state index contributed by atoms with van der Waals surface area (Å²) < 4.78 is 5.96. The number of aromatic nitrogens is 2. The Bertz CT molecular complexity index is 681. The van der Waals surface area contributed by atoms with Crippen LogP contribution in [0.4, 0.5) is 0 Å². The normalized spacial score (nSPS) is 19.5. The van der Waals surface area contributed by atoms with Crippen LogP contribution in [0.15, 0.2) is 36.7 Å². The monoisotopic (exact) mass is 380 g/mol. The zero-order valence-corrected chi connectivity index (χ0v) is 17.7. The van der Waals surface area contributed by atoms with Crippen molar-refractivity contribution >= 4 is 0 Å². The molecular weight excluding hydrogens is 344 g/mol. The van der Waals surface area contributed by atoms with E-state index >= 15 is 0 Å². The largest absolute Gasteiger partial charge is 0.494 e. The van der Waals surface area contributed by atoms with Crippen molar-refractivity contribution in [3.63, 3.8) is 0 Å². The van der Waals surface area contributed by atoms with Crippen molar-refractivity contribution in [2.45, 2.75) is 78.1 Å². The van der Waals surface area contributed by atoms with E-state index in [2.05, 4.69) is 35.9 Å². The minimum atomic E-state index is 0.789. The molecule has 1 aliphatic rings. The molecule has 3 heteroatoms. The molecule has 1 fully saturated rings. The van der Waals surface area contributed by atoms with Gasteiger partial charge in [-0.25, -0.2) is 9.97 Å². The smallest absolute Gasteiger partial charge is 0.159 e. The molecule has 3 rings (SSSR count). The molecule has 0 amide bonds. The molecule has 2 aromatic rings. The maximum Gasteiger partial charge on any atom is 0.159 e. The Balaban J connectivity index is 1.43. The average Bonchev–Trinajstić information content (AvgIpc) is 2.74. The molecule has 1 aromatic heterocycles. The van der Waals surface area contributed by atoms with Crippen LogP contribution in [0.3, 0.4) is 0 Å². The molecule has 1 heterocycles. The number of unbranched alkanes of at least 4 members (excludes halogenated alkanes) is 2. The predicted molar refractivity (Wildman–Crippen MR) is 117 cm³/mol. The molecule has 28 heavy (non-hydrogen) atoms. The number of rotatable bonds is 10. The van der Waals surface area contributed by atoms with Gasteiger partial charge in [-0.3, -0.25) is 0 Å². The number of nitrogens with zero attached hydrogens (tertiary/aromatic N) is 2. The lowest BCUT2D eigenvalue weighted by atomic mass is 9.78. The first-order chi connectivity index (χ1) is 13.8. The first-order valence-electron chi connectivity index (χ1n) is 11.3. The van der Waals surface area contributed by atoms with E-state index in [-0.39, 0.29) is 0 Å². The number of benzene rings is 1. The van der Waals surface area contributed by atoms with Gasteiger partial charge in [0.05, 0.1) is 6.61 Å². The van der Waals surface area contributed by atoms with Gasteiger partial charge in [0.1, 0.15) is 5.75 Å². The molecule has 0 bridgehead atoms. The van der Waals surface area contributed by atoms with Gasteiger partial charge in [-0.15, -0.1) is 0 Å². The van der Waals surface area contributed by atoms with Crippen molar-refractivity contribution in [2.75, 3.05) is 6.61 Å². The topological polar surface area (TPSA) is 35.0 Å². The molecule has 1 aromatic carbocycles. The van der Waals surface area contributed by atoms with Gasteiger partial charge in [-0.05, 0) is 67.3 Å². The SMILES string of the molecule is CCCCCc1cnc(-c2ccc(OCCCC3CCCCC3C)cc2)nc1. The average molecular weight is 381 g/mol. The van der Waals surface area contributed by atoms with Crippen molar-refractivity contribution < 1.29 is 4.74 Å². The molecule has 152 valence electrons. The second-order valence-corrected chi connectivity index (χ2v) is 8.41. The van der Waals surface area contributed by atoms with E-state index in [1.807, 2.05) is 24.5 Å². The summed E-state index contributed by atoms with van der Waals surface area (Å²) in [5.74, 6) is 3.53. The summed E-state index contributed by atoms with van der Waals surface area (Å²) >= 11 is 0. The lowest BCUT2D eigenvalue weighted by Gasteiger charge is -2.28. The molecule has 2 atom stereocenters. The third-order valence-electron chi connectivity index (χ3n) is 6.16. The molecular formula is C25H36N2O. The Kier molecular flexibility index (Phi) is 8.32. The number of ether oxygens (including phenoxy) is 1. The van der Waals surface area contributed by atoms with Gasteiger partial charge in [-0.1, -0.05) is 52.4 Å². The number of aryl methyl sites for hydroxylation is 1. The van der Waals surface area contributed by atoms with Gasteiger partial charge in [0.2, 0.25) is 0 Å². The number of hydrogen-bond donors (Lipinski definition) is 0. The van der Waals surface area contributed by atoms with Crippen LogP contribution in [0.2, 0.25) is 0 Å². The summed E-state index contributed by atoms with van der Waals surface area (Å²) in [6.07, 6.45) is 16.8. The molecule has 0 aliphatic heterocycles. The molecule has 2 unspecified atom stereocenters. The second kappa shape index (κ2) is 11.2. The van der Waals surface area contributed by atoms with Crippen molar-refractivity contribution in [2.24, 2.45) is 11.8 Å². The van der Waals surface area contributed by atoms with E-state index in [1.54, 1.807) is 0 Å². The van der Waals surface area contributed by atoms with Gasteiger partial charge in [-0.2, -0.15) is 0 Å². The van der Waals surface area contributed by atoms with Gasteiger partial charge in [0.15, 0.2) is 5.82 Å². The van der Waals surface area contributed by atoms with E-state index in [0.29, 0.717) is 0 Å². The third kappa shape index (κ3) is 6.32. The second-order valence-electron chi connectivity index (χ2n) is 8.41. The molecule has 0 saturated heterocycles. The van der Waals surface area contributed by atoms with Crippen LogP contribution in [0.5, 0.6) is 5.75 Å². The van der Waals surface area contributed by atoms with Crippen LogP contribution in [-0.4, -0.2) is 16.6 Å². The summed E-state index contributed by atoms with van der Waals surface area (Å²) in [5, 5.41) is 0. The van der Waals surface area contributed by atoms with E-state index in [4.69, 9.17) is 4.74 Å². The number of hydrogen-bond acceptors (Lipinski definition) is 3. The van der Waals surface area contributed by atoms with Crippen LogP contribution in [0.25, 0.3) is 11.4 Å². The Morgan fingerprint density at radius 2 is 1.71 bits per heavy atom. The highest BCUT2D eigenvalue weighted by atomic mass is 16.5. The maximum atomic E-state index is 5.96. The highest BCUT2D eigenvalue weighted by Crippen LogP contribution is 2.32. The summed E-state index contributed by atoms with van der Waals surface area (Å²) in [7, 11) is 0. The quantitative estimate of drug-likeness (QED) is 0.422. The fraction of sp³-hybridized carbons (Fsp3) is 0.600. The molecule has 3 nitrogen and oxygen atoms in total. The van der Waals surface area contributed by atoms with E-state index in [0.717, 1.165) is 48.4 Å². The first kappa shape index (κ1) is 20.8. The predicted octanol–water partition coefficient (Wildman–Crippen LogP) is 6.86. The Morgan fingerprint density at radius 1 is 0.964 bits per heavy atom. The fourth-order valence-corrected chi connectivity index (χ4v) is 4.27. The van der Waals surface area contributed by atoms with E-state index in [1.165, 1.54) is 56.9 Å². The zero-order chi connectivity index (χ0) is 19.6. The zero-order valence-electron chi connectivity index (χ0n) is 17.7. The summed E-state index contributed by atoms with van der Waals surface area (Å²) in [6.45, 7) is 5.46. The minimum absolute atomic E-state index is 0.789. The standard InChI is InChI=1S/C25H36N2O/c1-3-4-5-10-21-18-26-25(27-19-21)23-13-15-24(16-14-23)28-17-8-12-22-11-7-6-9-20(22)2/h13-16,18-20,22H,3-12,17H2,1-2H3. The Morgan fingerprint density at radius 3 is 2.43 bits per heavy atom. The van der Waals surface area contributed by atoms with Crippen molar-refractivity contribution in [1.29, 1.82) is 0 Å². The van der Waals surface area contributed by atoms with E-state index in [9.17, 15) is 0 Å². The highest BCUT2D eigenvalue weighted by Gasteiger charge is 2.20. The van der Waals surface area contributed by atoms with Crippen LogP contribution in [0, 0.1) is 11.8 Å². The lowest BCUT2D eigenvalue weighted by Crippen LogP contribution is -2.17. The molecule has 0 spiro atoms. The van der Waals surface area contributed by atoms with Gasteiger partial charge in [0.25, 0.3) is 0 Å². The van der Waals surface area contributed by atoms with Crippen LogP contribution in [0.1, 0.15) is 77.2 Å². The van der Waals surface area contributed by atoms with E-state index < -0.39 is 0 Å². The van der Waals surface area contributed by atoms with Crippen molar-refractivity contribution in [3.05, 3.63) is 42.2 Å². The Hall–Kier alpha value is -1.90. The van der Waals surface area contributed by atoms with Crippen LogP contribution < -0.4 is 4.74 Å². The van der Waals surface area contributed by atoms with Crippen molar-refractivity contribution in [1.82, 2.24) is 9.97 Å². The summed E-state index contributed by atoms with van der Waals surface area (Å²) in [6, 6.07) is 8.20. The van der Waals surface area contributed by atoms with Crippen molar-refractivity contribution in [3.8, 4) is 17.1 Å². The summed E-state index contributed by atoms with van der Waals surface area (Å²) in [4.78, 5) is 9.08. The van der Waals surface area contributed by atoms with Gasteiger partial charge >= 0.3 is 0 Å². The fourth-order valence-electron chi connectivity index (χ4n) is 4.27. The van der Waals surface area contributed by atoms with Crippen LogP contribution in [-0.2, 0) is 6.42 Å². The van der Waals surface area contributed by atoms with Crippen LogP contribution >= 0.6 is 0 Å². The highest BCUT2D eigenvalue weighted by molar-refractivity contribution is 5.55. The lowest BCUT2D eigenvalue weighted by molar-refractivity contribution is 0.217. The molecule has 1 aliphatic carbocycles.